The monoisotopic (exact) mass is 398 g/mol. The standard InChI is InChI=1S/C14H8Br2S2/c15-11-5-7-1-3-9-10(13(7)17-11)4-2-8-6-12(16)18-14(8)9/h1-5,12H,6H2. The number of benzene rings is 2. The van der Waals surface area contributed by atoms with E-state index in [2.05, 4.69) is 62.2 Å². The van der Waals surface area contributed by atoms with Crippen LogP contribution < -0.4 is 0 Å². The van der Waals surface area contributed by atoms with Crippen LogP contribution in [-0.2, 0) is 6.42 Å². The van der Waals surface area contributed by atoms with Gasteiger partial charge in [0, 0.05) is 15.0 Å². The highest BCUT2D eigenvalue weighted by atomic mass is 79.9. The van der Waals surface area contributed by atoms with Crippen LogP contribution in [0.5, 0.6) is 0 Å². The molecule has 2 aromatic carbocycles. The van der Waals surface area contributed by atoms with Crippen LogP contribution in [-0.4, -0.2) is 4.16 Å². The van der Waals surface area contributed by atoms with Gasteiger partial charge in [-0.2, -0.15) is 0 Å². The van der Waals surface area contributed by atoms with E-state index < -0.39 is 0 Å². The van der Waals surface area contributed by atoms with Crippen molar-refractivity contribution in [1.29, 1.82) is 0 Å². The zero-order chi connectivity index (χ0) is 12.3. The molecule has 1 aromatic heterocycles. The predicted octanol–water partition coefficient (Wildman–Crippen LogP) is 6.19. The Labute approximate surface area is 130 Å². The van der Waals surface area contributed by atoms with Gasteiger partial charge in [0.25, 0.3) is 0 Å². The van der Waals surface area contributed by atoms with E-state index in [4.69, 9.17) is 0 Å². The summed E-state index contributed by atoms with van der Waals surface area (Å²) in [5.74, 6) is 0. The molecule has 0 amide bonds. The molecule has 0 aliphatic carbocycles. The van der Waals surface area contributed by atoms with E-state index in [1.807, 2.05) is 23.1 Å². The van der Waals surface area contributed by atoms with Gasteiger partial charge in [-0.3, -0.25) is 0 Å². The molecule has 0 radical (unpaired) electrons. The summed E-state index contributed by atoms with van der Waals surface area (Å²) in [6, 6.07) is 11.3. The molecule has 90 valence electrons. The summed E-state index contributed by atoms with van der Waals surface area (Å²) in [5.41, 5.74) is 1.48. The molecule has 2 heterocycles. The fourth-order valence-corrected chi connectivity index (χ4v) is 6.21. The molecule has 1 atom stereocenters. The first-order chi connectivity index (χ1) is 8.72. The van der Waals surface area contributed by atoms with Crippen LogP contribution in [0.3, 0.4) is 0 Å². The van der Waals surface area contributed by atoms with Crippen molar-refractivity contribution in [2.45, 2.75) is 15.5 Å². The van der Waals surface area contributed by atoms with Crippen LogP contribution in [0.25, 0.3) is 20.9 Å². The average Bonchev–Trinajstić information content (AvgIpc) is 2.89. The van der Waals surface area contributed by atoms with Gasteiger partial charge in [-0.25, -0.2) is 0 Å². The highest BCUT2D eigenvalue weighted by Crippen LogP contribution is 2.46. The molecule has 18 heavy (non-hydrogen) atoms. The second-order valence-corrected chi connectivity index (χ2v) is 9.77. The van der Waals surface area contributed by atoms with Gasteiger partial charge < -0.3 is 0 Å². The Morgan fingerprint density at radius 3 is 2.83 bits per heavy atom. The number of fused-ring (bicyclic) bond motifs is 5. The summed E-state index contributed by atoms with van der Waals surface area (Å²) in [7, 11) is 0. The van der Waals surface area contributed by atoms with Gasteiger partial charge in [0.2, 0.25) is 0 Å². The first-order valence-electron chi connectivity index (χ1n) is 5.67. The van der Waals surface area contributed by atoms with E-state index in [1.165, 1.54) is 35.1 Å². The minimum absolute atomic E-state index is 0.531. The molecule has 0 saturated heterocycles. The van der Waals surface area contributed by atoms with Gasteiger partial charge in [-0.1, -0.05) is 40.2 Å². The summed E-state index contributed by atoms with van der Waals surface area (Å²) in [6.07, 6.45) is 1.13. The third kappa shape index (κ3) is 1.69. The van der Waals surface area contributed by atoms with Crippen molar-refractivity contribution in [3.63, 3.8) is 0 Å². The highest BCUT2D eigenvalue weighted by molar-refractivity contribution is 9.11. The van der Waals surface area contributed by atoms with Crippen molar-refractivity contribution in [2.24, 2.45) is 0 Å². The van der Waals surface area contributed by atoms with Gasteiger partial charge in [0.15, 0.2) is 0 Å². The van der Waals surface area contributed by atoms with Gasteiger partial charge in [0.1, 0.15) is 0 Å². The van der Waals surface area contributed by atoms with E-state index >= 15 is 0 Å². The van der Waals surface area contributed by atoms with Crippen LogP contribution in [0.4, 0.5) is 0 Å². The molecule has 0 fully saturated rings. The third-order valence-corrected chi connectivity index (χ3v) is 7.02. The summed E-state index contributed by atoms with van der Waals surface area (Å²) < 4.78 is 3.13. The molecule has 4 heteroatoms. The van der Waals surface area contributed by atoms with E-state index in [-0.39, 0.29) is 0 Å². The van der Waals surface area contributed by atoms with Crippen LogP contribution in [0.1, 0.15) is 5.56 Å². The topological polar surface area (TPSA) is 0 Å². The smallest absolute Gasteiger partial charge is 0.0711 e. The summed E-state index contributed by atoms with van der Waals surface area (Å²) in [4.78, 5) is 1.46. The minimum Gasteiger partial charge on any atom is -0.128 e. The molecule has 0 saturated carbocycles. The number of halogens is 2. The lowest BCUT2D eigenvalue weighted by atomic mass is 10.0. The van der Waals surface area contributed by atoms with Crippen molar-refractivity contribution in [2.75, 3.05) is 0 Å². The fraction of sp³-hybridized carbons (Fsp3) is 0.143. The number of hydrogen-bond donors (Lipinski definition) is 0. The highest BCUT2D eigenvalue weighted by Gasteiger charge is 2.22. The first kappa shape index (κ1) is 11.8. The zero-order valence-corrected chi connectivity index (χ0v) is 14.0. The summed E-state index contributed by atoms with van der Waals surface area (Å²) in [6.45, 7) is 0. The Bertz CT molecular complexity index is 776. The van der Waals surface area contributed by atoms with E-state index in [9.17, 15) is 0 Å². The van der Waals surface area contributed by atoms with Crippen molar-refractivity contribution in [1.82, 2.24) is 0 Å². The number of alkyl halides is 1. The molecular weight excluding hydrogens is 392 g/mol. The Morgan fingerprint density at radius 1 is 1.11 bits per heavy atom. The van der Waals surface area contributed by atoms with Crippen molar-refractivity contribution in [3.8, 4) is 0 Å². The summed E-state index contributed by atoms with van der Waals surface area (Å²) >= 11 is 11.1. The maximum atomic E-state index is 3.72. The van der Waals surface area contributed by atoms with Gasteiger partial charge in [-0.05, 0) is 44.8 Å². The lowest BCUT2D eigenvalue weighted by Gasteiger charge is -2.05. The normalized spacial score (nSPS) is 18.7. The molecule has 4 rings (SSSR count). The van der Waals surface area contributed by atoms with Gasteiger partial charge >= 0.3 is 0 Å². The van der Waals surface area contributed by atoms with Gasteiger partial charge in [0.05, 0.1) is 7.95 Å². The van der Waals surface area contributed by atoms with Gasteiger partial charge in [-0.15, -0.1) is 23.1 Å². The molecule has 0 bridgehead atoms. The minimum atomic E-state index is 0.531. The van der Waals surface area contributed by atoms with Crippen molar-refractivity contribution >= 4 is 75.8 Å². The average molecular weight is 400 g/mol. The predicted molar refractivity (Wildman–Crippen MR) is 89.3 cm³/mol. The number of thioether (sulfide) groups is 1. The molecule has 3 aromatic rings. The SMILES string of the molecule is Brc1cc2ccc3c4c(ccc3c2s1)CC(Br)S4. The van der Waals surface area contributed by atoms with E-state index in [1.54, 1.807) is 0 Å². The lowest BCUT2D eigenvalue weighted by molar-refractivity contribution is 1.13. The molecule has 1 aliphatic heterocycles. The number of thiophene rings is 1. The van der Waals surface area contributed by atoms with Crippen molar-refractivity contribution < 1.29 is 0 Å². The molecule has 0 spiro atoms. The number of rotatable bonds is 0. The zero-order valence-electron chi connectivity index (χ0n) is 9.24. The second kappa shape index (κ2) is 4.23. The lowest BCUT2D eigenvalue weighted by Crippen LogP contribution is -1.86. The quantitative estimate of drug-likeness (QED) is 0.406. The van der Waals surface area contributed by atoms with Crippen LogP contribution in [0, 0.1) is 0 Å². The third-order valence-electron chi connectivity index (χ3n) is 3.31. The molecule has 0 nitrogen and oxygen atoms in total. The van der Waals surface area contributed by atoms with Crippen LogP contribution in [0.15, 0.2) is 39.0 Å². The molecule has 1 unspecified atom stereocenters. The van der Waals surface area contributed by atoms with Crippen LogP contribution >= 0.6 is 55.0 Å². The van der Waals surface area contributed by atoms with E-state index in [0.29, 0.717) is 4.16 Å². The Morgan fingerprint density at radius 2 is 1.94 bits per heavy atom. The molecular formula is C14H8Br2S2. The Kier molecular flexibility index (Phi) is 2.77. The molecule has 0 N–H and O–H groups in total. The first-order valence-corrected chi connectivity index (χ1v) is 9.07. The van der Waals surface area contributed by atoms with Crippen LogP contribution in [0.2, 0.25) is 0 Å². The Balaban J connectivity index is 2.13. The summed E-state index contributed by atoms with van der Waals surface area (Å²) in [5, 5.41) is 4.12. The maximum absolute atomic E-state index is 3.72. The van der Waals surface area contributed by atoms with E-state index in [0.717, 1.165) is 6.42 Å². The van der Waals surface area contributed by atoms with Crippen molar-refractivity contribution in [3.05, 3.63) is 39.7 Å². The number of hydrogen-bond acceptors (Lipinski definition) is 2. The maximum Gasteiger partial charge on any atom is 0.0711 e. The largest absolute Gasteiger partial charge is 0.128 e. The fourth-order valence-electron chi connectivity index (χ4n) is 2.53. The molecule has 1 aliphatic rings. The Hall–Kier alpha value is -0.0300. The second-order valence-electron chi connectivity index (χ2n) is 4.42.